The summed E-state index contributed by atoms with van der Waals surface area (Å²) in [5.41, 5.74) is -0.141. The number of ether oxygens (including phenoxy) is 6. The fourth-order valence-corrected chi connectivity index (χ4v) is 11.3. The van der Waals surface area contributed by atoms with Crippen LogP contribution < -0.4 is 30.2 Å². The number of rotatable bonds is 20. The van der Waals surface area contributed by atoms with Crippen LogP contribution in [0.25, 0.3) is 10.9 Å². The number of benzene rings is 4. The molecule has 0 spiro atoms. The Kier molecular flexibility index (Phi) is 16.7. The smallest absolute Gasteiger partial charge is 0.331 e. The summed E-state index contributed by atoms with van der Waals surface area (Å²) in [6, 6.07) is 30.6. The number of nitriles is 1. The second kappa shape index (κ2) is 21.7. The molecule has 1 fully saturated rings. The van der Waals surface area contributed by atoms with E-state index in [0.717, 1.165) is 16.7 Å². The first-order valence-electron chi connectivity index (χ1n) is 22.8. The average Bonchev–Trinajstić information content (AvgIpc) is 3.64. The van der Waals surface area contributed by atoms with Crippen molar-refractivity contribution >= 4 is 27.7 Å². The first-order valence-corrected chi connectivity index (χ1v) is 26.9. The summed E-state index contributed by atoms with van der Waals surface area (Å²) in [4.78, 5) is 42.2. The van der Waals surface area contributed by atoms with Crippen LogP contribution in [-0.2, 0) is 24.0 Å². The minimum Gasteiger partial charge on any atom is -0.497 e. The highest BCUT2D eigenvalue weighted by molar-refractivity contribution is 7.43. The van der Waals surface area contributed by atoms with Crippen molar-refractivity contribution in [3.05, 3.63) is 129 Å². The third-order valence-electron chi connectivity index (χ3n) is 13.2. The summed E-state index contributed by atoms with van der Waals surface area (Å²) >= 11 is 0. The van der Waals surface area contributed by atoms with Gasteiger partial charge in [-0.05, 0) is 92.8 Å². The van der Waals surface area contributed by atoms with Gasteiger partial charge in [-0.1, -0.05) is 75.4 Å². The van der Waals surface area contributed by atoms with E-state index in [9.17, 15) is 19.7 Å². The third-order valence-corrected chi connectivity index (χ3v) is 19.4. The Hall–Kier alpha value is -5.08. The van der Waals surface area contributed by atoms with Crippen molar-refractivity contribution < 1.29 is 42.3 Å². The molecule has 1 aliphatic heterocycles. The van der Waals surface area contributed by atoms with Crippen molar-refractivity contribution in [2.45, 2.75) is 103 Å². The maximum atomic E-state index is 14.5. The Balaban J connectivity index is 1.61. The molecule has 1 saturated heterocycles. The van der Waals surface area contributed by atoms with Crippen LogP contribution in [0, 0.1) is 23.2 Å². The Morgan fingerprint density at radius 3 is 1.84 bits per heavy atom. The Morgan fingerprint density at radius 2 is 1.35 bits per heavy atom. The van der Waals surface area contributed by atoms with Crippen LogP contribution in [0.2, 0.25) is 18.1 Å². The van der Waals surface area contributed by atoms with E-state index in [1.165, 1.54) is 24.9 Å². The molecule has 17 heteroatoms. The molecule has 2 heterocycles. The van der Waals surface area contributed by atoms with Gasteiger partial charge in [0.05, 0.1) is 76.8 Å². The molecule has 6 atom stereocenters. The second-order valence-electron chi connectivity index (χ2n) is 19.0. The molecule has 2 unspecified atom stereocenters. The topological polar surface area (TPSA) is 176 Å². The summed E-state index contributed by atoms with van der Waals surface area (Å²) in [6.45, 7) is 18.1. The van der Waals surface area contributed by atoms with Gasteiger partial charge in [-0.25, -0.2) is 9.46 Å². The Morgan fingerprint density at radius 1 is 0.824 bits per heavy atom. The molecule has 1 aromatic heterocycles. The van der Waals surface area contributed by atoms with E-state index in [1.54, 1.807) is 20.3 Å². The molecule has 2 N–H and O–H groups in total. The molecule has 68 heavy (non-hydrogen) atoms. The lowest BCUT2D eigenvalue weighted by Crippen LogP contribution is -2.50. The zero-order valence-corrected chi connectivity index (χ0v) is 43.3. The van der Waals surface area contributed by atoms with Crippen LogP contribution >= 0.6 is 8.53 Å². The van der Waals surface area contributed by atoms with Gasteiger partial charge < -0.3 is 42.3 Å². The van der Waals surface area contributed by atoms with Crippen LogP contribution in [0.5, 0.6) is 23.0 Å². The molecule has 6 rings (SSSR count). The van der Waals surface area contributed by atoms with Gasteiger partial charge in [0, 0.05) is 24.1 Å². The van der Waals surface area contributed by atoms with E-state index < -0.39 is 64.0 Å². The molecular weight excluding hydrogens is 904 g/mol. The zero-order valence-electron chi connectivity index (χ0n) is 41.4. The van der Waals surface area contributed by atoms with Gasteiger partial charge in [0.25, 0.3) is 14.1 Å². The molecule has 1 aliphatic rings. The first kappa shape index (κ1) is 52.3. The highest BCUT2D eigenvalue weighted by atomic mass is 31.2. The Bertz CT molecular complexity index is 2570. The molecule has 0 amide bonds. The van der Waals surface area contributed by atoms with E-state index in [1.807, 2.05) is 111 Å². The number of methoxy groups -OCH3 is 4. The van der Waals surface area contributed by atoms with Gasteiger partial charge >= 0.3 is 5.69 Å². The van der Waals surface area contributed by atoms with Crippen LogP contribution in [0.15, 0.2) is 101 Å². The maximum Gasteiger partial charge on any atom is 0.331 e. The highest BCUT2D eigenvalue weighted by Crippen LogP contribution is 2.50. The van der Waals surface area contributed by atoms with Crippen molar-refractivity contribution in [1.82, 2.24) is 14.2 Å². The number of hydrogen-bond acceptors (Lipinski definition) is 13. The summed E-state index contributed by atoms with van der Waals surface area (Å²) < 4.78 is 54.1. The molecule has 5 aromatic rings. The van der Waals surface area contributed by atoms with Crippen LogP contribution in [0.4, 0.5) is 0 Å². The minimum atomic E-state index is -2.81. The van der Waals surface area contributed by atoms with Crippen LogP contribution in [-0.4, -0.2) is 93.4 Å². The van der Waals surface area contributed by atoms with Gasteiger partial charge in [-0.2, -0.15) is 5.26 Å². The SMILES string of the molecule is COc1ccc(C(OC[C@@H]2O[C@@H](n3c(=O)[nH]c(=O)c4cc(OC)c(OC)cc43)[C@H](O[Si](C)(C)C(C)(C)C)[C@@H]2C(C#N)COP(O)N(C(C)C)C(C)C)(c2ccccc2)c2ccc(OC)cc2)cc1. The molecular formula is C51H67N4O11PSi. The highest BCUT2D eigenvalue weighted by Gasteiger charge is 2.55. The molecule has 0 aliphatic carbocycles. The predicted molar refractivity (Wildman–Crippen MR) is 266 cm³/mol. The van der Waals surface area contributed by atoms with E-state index in [-0.39, 0.29) is 52.7 Å². The average molecular weight is 971 g/mol. The van der Waals surface area contributed by atoms with E-state index >= 15 is 0 Å². The number of aromatic amines is 1. The number of fused-ring (bicyclic) bond motifs is 1. The summed E-state index contributed by atoms with van der Waals surface area (Å²) in [6.07, 6.45) is -3.19. The van der Waals surface area contributed by atoms with E-state index in [0.29, 0.717) is 11.5 Å². The van der Waals surface area contributed by atoms with Crippen molar-refractivity contribution in [2.24, 2.45) is 11.8 Å². The van der Waals surface area contributed by atoms with E-state index in [2.05, 4.69) is 44.9 Å². The van der Waals surface area contributed by atoms with Crippen molar-refractivity contribution in [3.8, 4) is 29.1 Å². The summed E-state index contributed by atoms with van der Waals surface area (Å²) in [7, 11) is 1.20. The van der Waals surface area contributed by atoms with Crippen molar-refractivity contribution in [2.75, 3.05) is 41.7 Å². The molecule has 0 bridgehead atoms. The standard InChI is InChI=1S/C51H67N4O11PSi/c1-32(2)55(33(3)4)67(58)64-30-34(29-52)45-44(31-63-51(35-17-15-14-16-18-35,36-19-23-38(59-8)24-20-36)37-21-25-39(60-9)26-22-37)65-48(46(45)66-68(12,13)50(5,6)7)54-41-28-43(62-11)42(61-10)27-40(41)47(56)53-49(54)57/h14-28,32-34,44-46,48,58H,30-31H2,1-13H3,(H,53,56,57)/t34?,44-,45+,46+,48+,67?/m0/s1. The number of H-pyrrole nitrogens is 1. The van der Waals surface area contributed by atoms with Crippen molar-refractivity contribution in [1.29, 1.82) is 5.26 Å². The molecule has 15 nitrogen and oxygen atoms in total. The van der Waals surface area contributed by atoms with Crippen molar-refractivity contribution in [3.63, 3.8) is 0 Å². The minimum absolute atomic E-state index is 0.0558. The third kappa shape index (κ3) is 10.6. The monoisotopic (exact) mass is 970 g/mol. The quantitative estimate of drug-likeness (QED) is 0.0430. The van der Waals surface area contributed by atoms with Gasteiger partial charge in [0.1, 0.15) is 17.1 Å². The fourth-order valence-electron chi connectivity index (χ4n) is 8.81. The zero-order chi connectivity index (χ0) is 49.7. The first-order chi connectivity index (χ1) is 32.3. The van der Waals surface area contributed by atoms with Gasteiger partial charge in [0.15, 0.2) is 26.0 Å². The molecule has 4 aromatic carbocycles. The van der Waals surface area contributed by atoms with E-state index in [4.69, 9.17) is 37.4 Å². The normalized spacial score (nSPS) is 18.8. The van der Waals surface area contributed by atoms with Crippen LogP contribution in [0.1, 0.15) is 71.4 Å². The van der Waals surface area contributed by atoms with Gasteiger partial charge in [0.2, 0.25) is 0 Å². The maximum absolute atomic E-state index is 14.5. The second-order valence-corrected chi connectivity index (χ2v) is 25.0. The molecule has 366 valence electrons. The van der Waals surface area contributed by atoms with Gasteiger partial charge in [-0.15, -0.1) is 0 Å². The lowest BCUT2D eigenvalue weighted by molar-refractivity contribution is -0.0904. The number of nitrogens with one attached hydrogen (secondary N) is 1. The summed E-state index contributed by atoms with van der Waals surface area (Å²) in [5, 5.41) is 11.1. The number of nitrogens with zero attached hydrogens (tertiary/aromatic N) is 3. The molecule has 0 radical (unpaired) electrons. The van der Waals surface area contributed by atoms with Crippen LogP contribution in [0.3, 0.4) is 0 Å². The Labute approximate surface area is 401 Å². The fraction of sp³-hybridized carbons (Fsp3) is 0.471. The largest absolute Gasteiger partial charge is 0.497 e. The lowest BCUT2D eigenvalue weighted by atomic mass is 9.79. The lowest BCUT2D eigenvalue weighted by Gasteiger charge is -2.42. The number of hydrogen-bond donors (Lipinski definition) is 2. The summed E-state index contributed by atoms with van der Waals surface area (Å²) in [5.74, 6) is 0.0495. The van der Waals surface area contributed by atoms with Gasteiger partial charge in [-0.3, -0.25) is 14.3 Å². The number of aromatic nitrogens is 2. The molecule has 0 saturated carbocycles. The predicted octanol–water partition coefficient (Wildman–Crippen LogP) is 9.13.